The average molecular weight is 324 g/mol. The molecule has 1 fully saturated rings. The second-order valence-electron chi connectivity index (χ2n) is 6.56. The number of aryl methyl sites for hydroxylation is 1. The molecule has 2 aromatic rings. The number of anilines is 1. The molecule has 0 spiro atoms. The molecule has 0 saturated carbocycles. The summed E-state index contributed by atoms with van der Waals surface area (Å²) in [6, 6.07) is 13.4. The Balaban J connectivity index is 1.79. The molecule has 2 aliphatic heterocycles. The van der Waals surface area contributed by atoms with Crippen LogP contribution >= 0.6 is 0 Å². The molecule has 24 heavy (non-hydrogen) atoms. The standard InChI is InChI=1S/C19H20N2O3/c1-12-7-8-17-15(9-12)16-11-19(2,24-17)21(18(22)20-16)13-5-4-6-14(10-13)23-3/h4-10,16H,11H2,1-3H3,(H,20,22)/t16?,19-/m0/s1. The average Bonchev–Trinajstić information content (AvgIpc) is 2.55. The molecule has 4 rings (SSSR count). The number of rotatable bonds is 2. The summed E-state index contributed by atoms with van der Waals surface area (Å²) in [6.07, 6.45) is 0.687. The predicted molar refractivity (Wildman–Crippen MR) is 91.6 cm³/mol. The number of amides is 2. The summed E-state index contributed by atoms with van der Waals surface area (Å²) in [5.41, 5.74) is 2.22. The Morgan fingerprint density at radius 1 is 1.29 bits per heavy atom. The number of benzene rings is 2. The summed E-state index contributed by atoms with van der Waals surface area (Å²) in [7, 11) is 1.61. The van der Waals surface area contributed by atoms with Crippen molar-refractivity contribution in [3.05, 3.63) is 53.6 Å². The number of hydrogen-bond acceptors (Lipinski definition) is 3. The molecule has 0 aromatic heterocycles. The second kappa shape index (κ2) is 5.16. The quantitative estimate of drug-likeness (QED) is 0.915. The van der Waals surface area contributed by atoms with E-state index < -0.39 is 5.72 Å². The Labute approximate surface area is 141 Å². The Morgan fingerprint density at radius 2 is 2.12 bits per heavy atom. The molecular formula is C19H20N2O3. The summed E-state index contributed by atoms with van der Waals surface area (Å²) >= 11 is 0. The summed E-state index contributed by atoms with van der Waals surface area (Å²) in [6.45, 7) is 4.00. The number of nitrogens with one attached hydrogen (secondary N) is 1. The van der Waals surface area contributed by atoms with E-state index in [0.717, 1.165) is 22.6 Å². The molecule has 2 aromatic carbocycles. The van der Waals surface area contributed by atoms with Crippen LogP contribution in [0.5, 0.6) is 11.5 Å². The molecule has 2 atom stereocenters. The first-order valence-corrected chi connectivity index (χ1v) is 8.04. The first kappa shape index (κ1) is 14.9. The van der Waals surface area contributed by atoms with Crippen molar-refractivity contribution in [3.63, 3.8) is 0 Å². The van der Waals surface area contributed by atoms with E-state index >= 15 is 0 Å². The van der Waals surface area contributed by atoms with Gasteiger partial charge < -0.3 is 14.8 Å². The minimum atomic E-state index is -0.735. The summed E-state index contributed by atoms with van der Waals surface area (Å²) in [5.74, 6) is 1.53. The minimum absolute atomic E-state index is 0.0343. The van der Waals surface area contributed by atoms with Crippen molar-refractivity contribution in [2.45, 2.75) is 32.0 Å². The van der Waals surface area contributed by atoms with Crippen molar-refractivity contribution in [2.75, 3.05) is 12.0 Å². The van der Waals surface area contributed by atoms with Gasteiger partial charge in [0.1, 0.15) is 11.5 Å². The Kier molecular flexibility index (Phi) is 3.20. The lowest BCUT2D eigenvalue weighted by atomic mass is 9.89. The second-order valence-corrected chi connectivity index (χ2v) is 6.56. The number of urea groups is 1. The minimum Gasteiger partial charge on any atom is -0.497 e. The number of ether oxygens (including phenoxy) is 2. The van der Waals surface area contributed by atoms with Crippen LogP contribution in [0.15, 0.2) is 42.5 Å². The lowest BCUT2D eigenvalue weighted by molar-refractivity contribution is 0.0378. The summed E-state index contributed by atoms with van der Waals surface area (Å²) < 4.78 is 11.6. The summed E-state index contributed by atoms with van der Waals surface area (Å²) in [4.78, 5) is 14.5. The van der Waals surface area contributed by atoms with E-state index in [1.807, 2.05) is 50.2 Å². The van der Waals surface area contributed by atoms with Crippen molar-refractivity contribution in [1.29, 1.82) is 0 Å². The number of hydrogen-bond donors (Lipinski definition) is 1. The number of fused-ring (bicyclic) bond motifs is 4. The lowest BCUT2D eigenvalue weighted by Crippen LogP contribution is -2.65. The number of carbonyl (C=O) groups is 1. The first-order valence-electron chi connectivity index (χ1n) is 8.04. The first-order chi connectivity index (χ1) is 11.5. The van der Waals surface area contributed by atoms with Crippen molar-refractivity contribution in [3.8, 4) is 11.5 Å². The highest BCUT2D eigenvalue weighted by atomic mass is 16.5. The molecule has 5 heteroatoms. The highest BCUT2D eigenvalue weighted by Gasteiger charge is 2.49. The largest absolute Gasteiger partial charge is 0.497 e. The van der Waals surface area contributed by atoms with Crippen molar-refractivity contribution in [2.24, 2.45) is 0 Å². The number of methoxy groups -OCH3 is 1. The SMILES string of the molecule is COc1cccc(N2C(=O)NC3C[C@]2(C)Oc2ccc(C)cc23)c1. The van der Waals surface area contributed by atoms with Crippen LogP contribution in [0.2, 0.25) is 0 Å². The molecule has 0 aliphatic carbocycles. The number of carbonyl (C=O) groups excluding carboxylic acids is 1. The van der Waals surface area contributed by atoms with Crippen LogP contribution in [0.4, 0.5) is 10.5 Å². The van der Waals surface area contributed by atoms with Gasteiger partial charge in [-0.2, -0.15) is 0 Å². The topological polar surface area (TPSA) is 50.8 Å². The molecule has 2 amide bonds. The third kappa shape index (κ3) is 2.19. The van der Waals surface area contributed by atoms with Gasteiger partial charge in [-0.05, 0) is 32.0 Å². The Bertz CT molecular complexity index is 820. The van der Waals surface area contributed by atoms with Crippen LogP contribution < -0.4 is 19.7 Å². The van der Waals surface area contributed by atoms with Crippen molar-refractivity contribution in [1.82, 2.24) is 5.32 Å². The van der Waals surface area contributed by atoms with Crippen molar-refractivity contribution < 1.29 is 14.3 Å². The zero-order chi connectivity index (χ0) is 16.9. The van der Waals surface area contributed by atoms with E-state index in [4.69, 9.17) is 9.47 Å². The maximum Gasteiger partial charge on any atom is 0.325 e. The fourth-order valence-corrected chi connectivity index (χ4v) is 3.63. The fourth-order valence-electron chi connectivity index (χ4n) is 3.63. The molecule has 5 nitrogen and oxygen atoms in total. The van der Waals surface area contributed by atoms with Crippen LogP contribution in [0.3, 0.4) is 0 Å². The molecular weight excluding hydrogens is 304 g/mol. The Hall–Kier alpha value is -2.69. The summed E-state index contributed by atoms with van der Waals surface area (Å²) in [5, 5.41) is 3.11. The Morgan fingerprint density at radius 3 is 2.92 bits per heavy atom. The van der Waals surface area contributed by atoms with E-state index in [2.05, 4.69) is 11.4 Å². The van der Waals surface area contributed by atoms with Crippen molar-refractivity contribution >= 4 is 11.7 Å². The molecule has 0 radical (unpaired) electrons. The molecule has 1 unspecified atom stereocenters. The molecule has 2 aliphatic rings. The lowest BCUT2D eigenvalue weighted by Gasteiger charge is -2.50. The van der Waals surface area contributed by atoms with Gasteiger partial charge in [0.25, 0.3) is 0 Å². The van der Waals surface area contributed by atoms with Gasteiger partial charge in [0.15, 0.2) is 5.72 Å². The van der Waals surface area contributed by atoms with E-state index in [1.54, 1.807) is 12.0 Å². The molecule has 2 heterocycles. The van der Waals surface area contributed by atoms with Crippen LogP contribution in [-0.4, -0.2) is 18.9 Å². The molecule has 1 saturated heterocycles. The van der Waals surface area contributed by atoms with Crippen LogP contribution in [-0.2, 0) is 0 Å². The van der Waals surface area contributed by atoms with Gasteiger partial charge in [-0.1, -0.05) is 23.8 Å². The van der Waals surface area contributed by atoms with Gasteiger partial charge in [-0.25, -0.2) is 4.79 Å². The van der Waals surface area contributed by atoms with Gasteiger partial charge in [-0.3, -0.25) is 4.90 Å². The van der Waals surface area contributed by atoms with E-state index in [1.165, 1.54) is 0 Å². The predicted octanol–water partition coefficient (Wildman–Crippen LogP) is 3.77. The molecule has 1 N–H and O–H groups in total. The van der Waals surface area contributed by atoms with Gasteiger partial charge >= 0.3 is 6.03 Å². The van der Waals surface area contributed by atoms with Gasteiger partial charge in [0.05, 0.1) is 18.8 Å². The zero-order valence-electron chi connectivity index (χ0n) is 14.0. The maximum atomic E-state index is 12.8. The highest BCUT2D eigenvalue weighted by molar-refractivity contribution is 5.95. The van der Waals surface area contributed by atoms with Crippen LogP contribution in [0.25, 0.3) is 0 Å². The van der Waals surface area contributed by atoms with E-state index in [-0.39, 0.29) is 12.1 Å². The van der Waals surface area contributed by atoms with Crippen LogP contribution in [0, 0.1) is 6.92 Å². The molecule has 124 valence electrons. The van der Waals surface area contributed by atoms with Gasteiger partial charge in [0, 0.05) is 18.1 Å². The third-order valence-corrected chi connectivity index (χ3v) is 4.74. The maximum absolute atomic E-state index is 12.8. The monoisotopic (exact) mass is 324 g/mol. The smallest absolute Gasteiger partial charge is 0.325 e. The highest BCUT2D eigenvalue weighted by Crippen LogP contribution is 2.46. The van der Waals surface area contributed by atoms with E-state index in [9.17, 15) is 4.79 Å². The fraction of sp³-hybridized carbons (Fsp3) is 0.316. The number of nitrogens with zero attached hydrogens (tertiary/aromatic N) is 1. The van der Waals surface area contributed by atoms with Gasteiger partial charge in [0.2, 0.25) is 0 Å². The third-order valence-electron chi connectivity index (χ3n) is 4.74. The van der Waals surface area contributed by atoms with Gasteiger partial charge in [-0.15, -0.1) is 0 Å². The van der Waals surface area contributed by atoms with E-state index in [0.29, 0.717) is 12.2 Å². The molecule has 2 bridgehead atoms. The zero-order valence-corrected chi connectivity index (χ0v) is 14.0. The normalized spacial score (nSPS) is 24.7. The van der Waals surface area contributed by atoms with Crippen LogP contribution in [0.1, 0.15) is 30.5 Å².